The standard InChI is InChI=1S/C20H20N4O3/c21-18(25)12-24-11-3-5-16(24)19(26)22-14-9-7-13(8-10-14)20-23-15-4-1-2-6-17(15)27-20/h1-2,4,6-10,16H,3,5,11-12H2,(H2,21,25)(H,22,26)/t16-/m0/s1. The number of hydrogen-bond acceptors (Lipinski definition) is 5. The van der Waals surface area contributed by atoms with E-state index < -0.39 is 5.91 Å². The normalized spacial score (nSPS) is 17.3. The number of likely N-dealkylation sites (tertiary alicyclic amines) is 1. The van der Waals surface area contributed by atoms with Gasteiger partial charge in [0.05, 0.1) is 12.6 Å². The summed E-state index contributed by atoms with van der Waals surface area (Å²) in [6, 6.07) is 14.6. The average Bonchev–Trinajstić information content (AvgIpc) is 3.28. The van der Waals surface area contributed by atoms with E-state index in [1.165, 1.54) is 0 Å². The number of nitrogens with zero attached hydrogens (tertiary/aromatic N) is 2. The van der Waals surface area contributed by atoms with E-state index in [1.807, 2.05) is 53.4 Å². The minimum absolute atomic E-state index is 0.106. The highest BCUT2D eigenvalue weighted by molar-refractivity contribution is 5.95. The summed E-state index contributed by atoms with van der Waals surface area (Å²) < 4.78 is 5.76. The lowest BCUT2D eigenvalue weighted by atomic mass is 10.1. The van der Waals surface area contributed by atoms with Crippen molar-refractivity contribution < 1.29 is 14.0 Å². The van der Waals surface area contributed by atoms with Crippen LogP contribution in [-0.2, 0) is 9.59 Å². The van der Waals surface area contributed by atoms with Gasteiger partial charge in [-0.25, -0.2) is 4.98 Å². The van der Waals surface area contributed by atoms with Crippen LogP contribution in [-0.4, -0.2) is 40.8 Å². The van der Waals surface area contributed by atoms with Gasteiger partial charge in [0.15, 0.2) is 5.58 Å². The number of para-hydroxylation sites is 2. The first-order valence-electron chi connectivity index (χ1n) is 8.89. The number of fused-ring (bicyclic) bond motifs is 1. The van der Waals surface area contributed by atoms with Crippen LogP contribution in [0.1, 0.15) is 12.8 Å². The number of oxazole rings is 1. The third kappa shape index (κ3) is 3.68. The molecule has 2 aromatic carbocycles. The molecule has 1 atom stereocenters. The molecule has 3 N–H and O–H groups in total. The van der Waals surface area contributed by atoms with Crippen LogP contribution in [0.3, 0.4) is 0 Å². The minimum Gasteiger partial charge on any atom is -0.436 e. The Morgan fingerprint density at radius 1 is 1.19 bits per heavy atom. The van der Waals surface area contributed by atoms with Gasteiger partial charge in [-0.15, -0.1) is 0 Å². The maximum atomic E-state index is 12.5. The van der Waals surface area contributed by atoms with E-state index >= 15 is 0 Å². The number of aromatic nitrogens is 1. The largest absolute Gasteiger partial charge is 0.436 e. The zero-order valence-corrected chi connectivity index (χ0v) is 14.7. The van der Waals surface area contributed by atoms with E-state index in [1.54, 1.807) is 0 Å². The molecular formula is C20H20N4O3. The smallest absolute Gasteiger partial charge is 0.241 e. The van der Waals surface area contributed by atoms with Crippen molar-refractivity contribution in [2.45, 2.75) is 18.9 Å². The van der Waals surface area contributed by atoms with E-state index in [9.17, 15) is 9.59 Å². The molecule has 2 heterocycles. The zero-order chi connectivity index (χ0) is 18.8. The highest BCUT2D eigenvalue weighted by atomic mass is 16.3. The lowest BCUT2D eigenvalue weighted by molar-refractivity contribution is -0.123. The third-order valence-corrected chi connectivity index (χ3v) is 4.72. The number of carbonyl (C=O) groups excluding carboxylic acids is 2. The lowest BCUT2D eigenvalue weighted by Gasteiger charge is -2.22. The van der Waals surface area contributed by atoms with Crippen LogP contribution in [0.15, 0.2) is 52.9 Å². The SMILES string of the molecule is NC(=O)CN1CCC[C@H]1C(=O)Nc1ccc(-c2nc3ccccc3o2)cc1. The maximum absolute atomic E-state index is 12.5. The van der Waals surface area contributed by atoms with Gasteiger partial charge in [0.2, 0.25) is 17.7 Å². The van der Waals surface area contributed by atoms with Crippen molar-refractivity contribution in [2.75, 3.05) is 18.4 Å². The van der Waals surface area contributed by atoms with E-state index in [-0.39, 0.29) is 18.5 Å². The van der Waals surface area contributed by atoms with Crippen LogP contribution in [0.4, 0.5) is 5.69 Å². The van der Waals surface area contributed by atoms with Crippen molar-refractivity contribution in [2.24, 2.45) is 5.73 Å². The highest BCUT2D eigenvalue weighted by Gasteiger charge is 2.31. The Bertz CT molecular complexity index is 947. The number of primary amides is 1. The number of rotatable bonds is 5. The Balaban J connectivity index is 1.46. The number of benzene rings is 2. The van der Waals surface area contributed by atoms with Gasteiger partial charge >= 0.3 is 0 Å². The summed E-state index contributed by atoms with van der Waals surface area (Å²) in [5, 5.41) is 2.91. The average molecular weight is 364 g/mol. The molecule has 0 aliphatic carbocycles. The quantitative estimate of drug-likeness (QED) is 0.724. The second-order valence-electron chi connectivity index (χ2n) is 6.65. The Hall–Kier alpha value is -3.19. The fourth-order valence-corrected chi connectivity index (χ4v) is 3.43. The molecule has 0 spiro atoms. The van der Waals surface area contributed by atoms with Crippen LogP contribution in [0.25, 0.3) is 22.6 Å². The topological polar surface area (TPSA) is 101 Å². The second-order valence-corrected chi connectivity index (χ2v) is 6.65. The summed E-state index contributed by atoms with van der Waals surface area (Å²) in [6.45, 7) is 0.812. The number of carbonyl (C=O) groups is 2. The summed E-state index contributed by atoms with van der Waals surface area (Å²) in [5.74, 6) is -0.00162. The molecule has 1 aliphatic rings. The first kappa shape index (κ1) is 17.2. The summed E-state index contributed by atoms with van der Waals surface area (Å²) in [6.07, 6.45) is 1.60. The zero-order valence-electron chi connectivity index (χ0n) is 14.7. The number of hydrogen-bond donors (Lipinski definition) is 2. The van der Waals surface area contributed by atoms with Gasteiger partial charge in [-0.2, -0.15) is 0 Å². The Labute approximate surface area is 156 Å². The molecule has 1 fully saturated rings. The van der Waals surface area contributed by atoms with Gasteiger partial charge in [-0.1, -0.05) is 12.1 Å². The number of amides is 2. The minimum atomic E-state index is -0.419. The van der Waals surface area contributed by atoms with Gasteiger partial charge in [0.1, 0.15) is 5.52 Å². The van der Waals surface area contributed by atoms with E-state index in [0.717, 1.165) is 29.5 Å². The maximum Gasteiger partial charge on any atom is 0.241 e. The van der Waals surface area contributed by atoms with Gasteiger partial charge < -0.3 is 15.5 Å². The first-order chi connectivity index (χ1) is 13.1. The molecule has 0 bridgehead atoms. The molecular weight excluding hydrogens is 344 g/mol. The Morgan fingerprint density at radius 2 is 1.96 bits per heavy atom. The summed E-state index contributed by atoms with van der Waals surface area (Å²) in [4.78, 5) is 30.0. The van der Waals surface area contributed by atoms with E-state index in [2.05, 4.69) is 10.3 Å². The number of nitrogens with two attached hydrogens (primary N) is 1. The molecule has 0 saturated carbocycles. The highest BCUT2D eigenvalue weighted by Crippen LogP contribution is 2.25. The van der Waals surface area contributed by atoms with Crippen LogP contribution >= 0.6 is 0 Å². The fourth-order valence-electron chi connectivity index (χ4n) is 3.43. The summed E-state index contributed by atoms with van der Waals surface area (Å²) in [7, 11) is 0. The van der Waals surface area contributed by atoms with Crippen LogP contribution in [0.2, 0.25) is 0 Å². The molecule has 138 valence electrons. The molecule has 27 heavy (non-hydrogen) atoms. The monoisotopic (exact) mass is 364 g/mol. The molecule has 1 aromatic heterocycles. The molecule has 0 radical (unpaired) electrons. The van der Waals surface area contributed by atoms with Gasteiger partial charge in [0.25, 0.3) is 0 Å². The van der Waals surface area contributed by atoms with E-state index in [0.29, 0.717) is 18.1 Å². The van der Waals surface area contributed by atoms with Gasteiger partial charge in [-0.05, 0) is 55.8 Å². The van der Waals surface area contributed by atoms with Gasteiger partial charge in [0, 0.05) is 11.3 Å². The van der Waals surface area contributed by atoms with Crippen LogP contribution in [0, 0.1) is 0 Å². The molecule has 4 rings (SSSR count). The molecule has 0 unspecified atom stereocenters. The first-order valence-corrected chi connectivity index (χ1v) is 8.89. The molecule has 3 aromatic rings. The van der Waals surface area contributed by atoms with Crippen molar-refractivity contribution in [3.8, 4) is 11.5 Å². The molecule has 1 saturated heterocycles. The molecule has 7 nitrogen and oxygen atoms in total. The second kappa shape index (κ2) is 7.20. The number of nitrogens with one attached hydrogen (secondary N) is 1. The molecule has 1 aliphatic heterocycles. The Kier molecular flexibility index (Phi) is 4.60. The third-order valence-electron chi connectivity index (χ3n) is 4.72. The van der Waals surface area contributed by atoms with Crippen molar-refractivity contribution in [1.29, 1.82) is 0 Å². The van der Waals surface area contributed by atoms with E-state index in [4.69, 9.17) is 10.2 Å². The predicted molar refractivity (Wildman–Crippen MR) is 102 cm³/mol. The van der Waals surface area contributed by atoms with Crippen LogP contribution < -0.4 is 11.1 Å². The van der Waals surface area contributed by atoms with Crippen molar-refractivity contribution in [1.82, 2.24) is 9.88 Å². The van der Waals surface area contributed by atoms with Crippen molar-refractivity contribution >= 4 is 28.6 Å². The lowest BCUT2D eigenvalue weighted by Crippen LogP contribution is -2.43. The Morgan fingerprint density at radius 3 is 2.70 bits per heavy atom. The molecule has 7 heteroatoms. The predicted octanol–water partition coefficient (Wildman–Crippen LogP) is 2.38. The number of anilines is 1. The van der Waals surface area contributed by atoms with Crippen molar-refractivity contribution in [3.63, 3.8) is 0 Å². The van der Waals surface area contributed by atoms with Crippen molar-refractivity contribution in [3.05, 3.63) is 48.5 Å². The van der Waals surface area contributed by atoms with Gasteiger partial charge in [-0.3, -0.25) is 14.5 Å². The summed E-state index contributed by atoms with van der Waals surface area (Å²) in [5.41, 5.74) is 8.32. The fraction of sp³-hybridized carbons (Fsp3) is 0.250. The van der Waals surface area contributed by atoms with Crippen LogP contribution in [0.5, 0.6) is 0 Å². The molecule has 2 amide bonds. The summed E-state index contributed by atoms with van der Waals surface area (Å²) >= 11 is 0.